The van der Waals surface area contributed by atoms with E-state index in [0.29, 0.717) is 0 Å². The summed E-state index contributed by atoms with van der Waals surface area (Å²) in [5.41, 5.74) is 0. The number of hydrogen-bond donors (Lipinski definition) is 0. The summed E-state index contributed by atoms with van der Waals surface area (Å²) in [5, 5.41) is 0. The van der Waals surface area contributed by atoms with Crippen molar-refractivity contribution in [3.8, 4) is 0 Å². The van der Waals surface area contributed by atoms with Gasteiger partial charge in [-0.2, -0.15) is 0 Å². The van der Waals surface area contributed by atoms with Gasteiger partial charge in [-0.15, -0.1) is 0 Å². The Balaban J connectivity index is 4.32. The summed E-state index contributed by atoms with van der Waals surface area (Å²) in [6, 6.07) is 0. The third-order valence-corrected chi connectivity index (χ3v) is 6.89. The molecule has 0 aliphatic carbocycles. The molecule has 0 atom stereocenters. The molecular formula is C12H28O3Ti. The summed E-state index contributed by atoms with van der Waals surface area (Å²) >= 11 is -2.91. The van der Waals surface area contributed by atoms with Crippen molar-refractivity contribution in [2.24, 2.45) is 0 Å². The first kappa shape index (κ1) is 16.6. The average molecular weight is 268 g/mol. The number of rotatable bonds is 11. The van der Waals surface area contributed by atoms with Gasteiger partial charge in [-0.3, -0.25) is 0 Å². The van der Waals surface area contributed by atoms with Crippen molar-refractivity contribution in [3.63, 3.8) is 0 Å². The molecule has 16 heavy (non-hydrogen) atoms. The van der Waals surface area contributed by atoms with Gasteiger partial charge in [-0.25, -0.2) is 0 Å². The Hall–Kier alpha value is 0.594. The molecule has 3 nitrogen and oxygen atoms in total. The monoisotopic (exact) mass is 268 g/mol. The van der Waals surface area contributed by atoms with E-state index in [1.54, 1.807) is 0 Å². The zero-order chi connectivity index (χ0) is 12.3. The second kappa shape index (κ2) is 10.7. The maximum absolute atomic E-state index is 5.97. The van der Waals surface area contributed by atoms with Gasteiger partial charge in [0.05, 0.1) is 0 Å². The van der Waals surface area contributed by atoms with Crippen LogP contribution in [-0.4, -0.2) is 19.8 Å². The fraction of sp³-hybridized carbons (Fsp3) is 1.00. The summed E-state index contributed by atoms with van der Waals surface area (Å²) in [5.74, 6) is 0. The van der Waals surface area contributed by atoms with Crippen LogP contribution < -0.4 is 0 Å². The molecule has 0 fully saturated rings. The first-order valence-corrected chi connectivity index (χ1v) is 9.68. The molecule has 98 valence electrons. The molecule has 0 saturated carbocycles. The van der Waals surface area contributed by atoms with Crippen LogP contribution in [0.25, 0.3) is 0 Å². The van der Waals surface area contributed by atoms with Gasteiger partial charge in [0.2, 0.25) is 0 Å². The van der Waals surface area contributed by atoms with E-state index < -0.39 is 17.8 Å². The molecule has 0 bridgehead atoms. The Kier molecular flexibility index (Phi) is 11.1. The molecule has 0 aliphatic heterocycles. The van der Waals surface area contributed by atoms with Crippen LogP contribution in [0.4, 0.5) is 0 Å². The summed E-state index contributed by atoms with van der Waals surface area (Å²) in [4.78, 5) is 0. The van der Waals surface area contributed by atoms with Crippen LogP contribution in [0.15, 0.2) is 0 Å². The number of hydrogen-bond acceptors (Lipinski definition) is 3. The third kappa shape index (κ3) is 7.02. The Morgan fingerprint density at radius 2 is 1.00 bits per heavy atom. The third-order valence-electron chi connectivity index (χ3n) is 2.13. The normalized spacial score (nSPS) is 12.0. The van der Waals surface area contributed by atoms with Gasteiger partial charge in [0.25, 0.3) is 0 Å². The molecule has 0 heterocycles. The van der Waals surface area contributed by atoms with E-state index in [9.17, 15) is 0 Å². The minimum atomic E-state index is -2.91. The van der Waals surface area contributed by atoms with Gasteiger partial charge in [-0.05, 0) is 0 Å². The van der Waals surface area contributed by atoms with Crippen LogP contribution in [0.3, 0.4) is 0 Å². The molecule has 0 aromatic rings. The fourth-order valence-electron chi connectivity index (χ4n) is 1.42. The Labute approximate surface area is 106 Å². The van der Waals surface area contributed by atoms with Crippen molar-refractivity contribution in [1.29, 1.82) is 0 Å². The van der Waals surface area contributed by atoms with Crippen molar-refractivity contribution in [1.82, 2.24) is 0 Å². The van der Waals surface area contributed by atoms with Crippen LogP contribution in [0.5, 0.6) is 0 Å². The first-order chi connectivity index (χ1) is 7.74. The molecule has 0 amide bonds. The molecule has 4 heteroatoms. The quantitative estimate of drug-likeness (QED) is 0.530. The Morgan fingerprint density at radius 1 is 0.625 bits per heavy atom. The zero-order valence-corrected chi connectivity index (χ0v) is 12.9. The molecule has 0 aliphatic rings. The van der Waals surface area contributed by atoms with Crippen LogP contribution in [-0.2, 0) is 27.7 Å². The van der Waals surface area contributed by atoms with E-state index in [4.69, 9.17) is 9.96 Å². The predicted molar refractivity (Wildman–Crippen MR) is 63.8 cm³/mol. The average Bonchev–Trinajstić information content (AvgIpc) is 2.31. The maximum atomic E-state index is 5.97. The molecule has 0 rings (SSSR count). The van der Waals surface area contributed by atoms with Crippen molar-refractivity contribution in [2.75, 3.05) is 19.8 Å². The molecule has 0 unspecified atom stereocenters. The second-order valence-electron chi connectivity index (χ2n) is 3.98. The predicted octanol–water partition coefficient (Wildman–Crippen LogP) is 3.99. The van der Waals surface area contributed by atoms with E-state index >= 15 is 0 Å². The van der Waals surface area contributed by atoms with Crippen LogP contribution in [0.2, 0.25) is 4.73 Å². The van der Waals surface area contributed by atoms with Crippen molar-refractivity contribution < 1.29 is 27.7 Å². The van der Waals surface area contributed by atoms with E-state index in [2.05, 4.69) is 27.7 Å². The summed E-state index contributed by atoms with van der Waals surface area (Å²) in [6.45, 7) is 10.9. The summed E-state index contributed by atoms with van der Waals surface area (Å²) in [7, 11) is 0. The van der Waals surface area contributed by atoms with Gasteiger partial charge < -0.3 is 0 Å². The molecule has 0 N–H and O–H groups in total. The second-order valence-corrected chi connectivity index (χ2v) is 8.24. The van der Waals surface area contributed by atoms with Crippen molar-refractivity contribution in [2.45, 2.75) is 58.1 Å². The Morgan fingerprint density at radius 3 is 1.25 bits per heavy atom. The zero-order valence-electron chi connectivity index (χ0n) is 11.4. The van der Waals surface area contributed by atoms with Crippen LogP contribution >= 0.6 is 0 Å². The van der Waals surface area contributed by atoms with E-state index in [1.165, 1.54) is 0 Å². The molecule has 0 saturated heterocycles. The molecule has 0 radical (unpaired) electrons. The molecule has 0 aromatic carbocycles. The van der Waals surface area contributed by atoms with Crippen molar-refractivity contribution in [3.05, 3.63) is 0 Å². The standard InChI is InChI=1S/3C3H7O.C3H7.Ti/c3*1-2-3-4;1-3-2;/h3*2-3H2,1H3;1,3H2,2H3;/q3*-1;;+3. The minimum absolute atomic E-state index is 0.771. The van der Waals surface area contributed by atoms with Crippen LogP contribution in [0.1, 0.15) is 53.4 Å². The fourth-order valence-corrected chi connectivity index (χ4v) is 5.86. The van der Waals surface area contributed by atoms with E-state index in [1.807, 2.05) is 0 Å². The summed E-state index contributed by atoms with van der Waals surface area (Å²) in [6.07, 6.45) is 4.17. The molecule has 0 spiro atoms. The first-order valence-electron chi connectivity index (χ1n) is 6.66. The van der Waals surface area contributed by atoms with Gasteiger partial charge in [-0.1, -0.05) is 0 Å². The van der Waals surface area contributed by atoms with Gasteiger partial charge in [0, 0.05) is 0 Å². The topological polar surface area (TPSA) is 27.7 Å². The van der Waals surface area contributed by atoms with Crippen LogP contribution in [0, 0.1) is 0 Å². The van der Waals surface area contributed by atoms with Gasteiger partial charge in [0.15, 0.2) is 0 Å². The molecular weight excluding hydrogens is 240 g/mol. The van der Waals surface area contributed by atoms with Gasteiger partial charge >= 0.3 is 106 Å². The molecule has 0 aromatic heterocycles. The van der Waals surface area contributed by atoms with E-state index in [-0.39, 0.29) is 0 Å². The van der Waals surface area contributed by atoms with E-state index in [0.717, 1.165) is 50.2 Å². The van der Waals surface area contributed by atoms with Gasteiger partial charge in [0.1, 0.15) is 0 Å². The SMILES string of the molecule is CCC[O][Ti]([CH2]CC)([O]CCC)[O]CCC. The Bertz CT molecular complexity index is 131. The van der Waals surface area contributed by atoms with Crippen molar-refractivity contribution >= 4 is 0 Å². The summed E-state index contributed by atoms with van der Waals surface area (Å²) < 4.78 is 18.9.